The molecule has 3 N–H and O–H groups in total. The second kappa shape index (κ2) is 77.8. The fraction of sp³-hybridized carbons (Fsp3) is 0.908. The van der Waals surface area contributed by atoms with Gasteiger partial charge in [0.25, 0.3) is 0 Å². The van der Waals surface area contributed by atoms with E-state index in [9.17, 15) is 43.2 Å². The van der Waals surface area contributed by atoms with Gasteiger partial charge in [-0.3, -0.25) is 37.3 Å². The van der Waals surface area contributed by atoms with Gasteiger partial charge in [-0.2, -0.15) is 0 Å². The van der Waals surface area contributed by atoms with Crippen molar-refractivity contribution in [3.8, 4) is 0 Å². The number of aliphatic hydroxyl groups excluding tert-OH is 1. The van der Waals surface area contributed by atoms with E-state index < -0.39 is 97.5 Å². The first kappa shape index (κ1) is 104. The zero-order valence-electron chi connectivity index (χ0n) is 69.2. The average Bonchev–Trinajstić information content (AvgIpc) is 0.901. The van der Waals surface area contributed by atoms with Gasteiger partial charge < -0.3 is 33.8 Å². The van der Waals surface area contributed by atoms with Crippen LogP contribution in [0.25, 0.3) is 0 Å². The number of carbonyl (C=O) groups is 4. The first-order valence-corrected chi connectivity index (χ1v) is 47.3. The maximum atomic E-state index is 13.2. The van der Waals surface area contributed by atoms with E-state index >= 15 is 0 Å². The summed E-state index contributed by atoms with van der Waals surface area (Å²) in [6.07, 6.45) is 73.2. The molecule has 0 aromatic heterocycles. The Hall–Kier alpha value is -2.46. The number of esters is 4. The SMILES string of the molecule is CCCCCC/C=C\C=C/CCCCCCCC(=O)O[C@H](COC(=O)CCCCCCCCCC(C)C)COP(=O)(O)OC[C@H](O)COP(=O)(O)OC[C@@H](COC(=O)CCCCCCCCCCCCCCCCCCCCCC)OC(=O)CCCCCCCCCCCCCCCCCCCCC(C)C. The van der Waals surface area contributed by atoms with Crippen LogP contribution in [0.4, 0.5) is 0 Å². The first-order chi connectivity index (χ1) is 51.4. The van der Waals surface area contributed by atoms with Gasteiger partial charge in [0.1, 0.15) is 19.3 Å². The molecule has 0 bridgehead atoms. The molecule has 17 nitrogen and oxygen atoms in total. The number of phosphoric acid groups is 2. The van der Waals surface area contributed by atoms with Crippen LogP contribution in [-0.4, -0.2) is 96.7 Å². The molecule has 19 heteroatoms. The van der Waals surface area contributed by atoms with E-state index in [-0.39, 0.29) is 25.7 Å². The number of hydrogen-bond acceptors (Lipinski definition) is 15. The first-order valence-electron chi connectivity index (χ1n) is 44.3. The molecule has 0 rings (SSSR count). The summed E-state index contributed by atoms with van der Waals surface area (Å²) in [6, 6.07) is 0. The van der Waals surface area contributed by atoms with Gasteiger partial charge >= 0.3 is 39.5 Å². The molecule has 0 aliphatic heterocycles. The van der Waals surface area contributed by atoms with E-state index in [1.165, 1.54) is 238 Å². The molecule has 0 aliphatic carbocycles. The molecule has 0 aliphatic rings. The minimum atomic E-state index is -4.97. The maximum Gasteiger partial charge on any atom is 0.472 e. The van der Waals surface area contributed by atoms with Crippen molar-refractivity contribution in [2.24, 2.45) is 11.8 Å². The van der Waals surface area contributed by atoms with Crippen LogP contribution in [0.5, 0.6) is 0 Å². The fourth-order valence-electron chi connectivity index (χ4n) is 13.1. The maximum absolute atomic E-state index is 13.2. The van der Waals surface area contributed by atoms with E-state index in [1.807, 2.05) is 0 Å². The summed E-state index contributed by atoms with van der Waals surface area (Å²) in [6.45, 7) is 9.58. The minimum absolute atomic E-state index is 0.0845. The second-order valence-corrected chi connectivity index (χ2v) is 34.5. The van der Waals surface area contributed by atoms with Crippen LogP contribution in [0.3, 0.4) is 0 Å². The Bertz CT molecular complexity index is 2120. The Kier molecular flexibility index (Phi) is 76.0. The summed E-state index contributed by atoms with van der Waals surface area (Å²) in [7, 11) is -9.94. The zero-order chi connectivity index (χ0) is 77.8. The van der Waals surface area contributed by atoms with Crippen molar-refractivity contribution in [2.45, 2.75) is 458 Å². The van der Waals surface area contributed by atoms with Gasteiger partial charge in [0.05, 0.1) is 26.4 Å². The van der Waals surface area contributed by atoms with Gasteiger partial charge in [-0.1, -0.05) is 387 Å². The molecule has 626 valence electrons. The Morgan fingerprint density at radius 1 is 0.292 bits per heavy atom. The normalized spacial score (nSPS) is 14.0. The lowest BCUT2D eigenvalue weighted by atomic mass is 10.0. The van der Waals surface area contributed by atoms with Crippen molar-refractivity contribution in [3.63, 3.8) is 0 Å². The molecule has 0 radical (unpaired) electrons. The number of rotatable bonds is 84. The van der Waals surface area contributed by atoms with Crippen molar-refractivity contribution >= 4 is 39.5 Å². The van der Waals surface area contributed by atoms with Gasteiger partial charge in [-0.15, -0.1) is 0 Å². The van der Waals surface area contributed by atoms with Crippen molar-refractivity contribution in [1.82, 2.24) is 0 Å². The topological polar surface area (TPSA) is 237 Å². The Morgan fingerprint density at radius 2 is 0.509 bits per heavy atom. The highest BCUT2D eigenvalue weighted by Crippen LogP contribution is 2.45. The van der Waals surface area contributed by atoms with E-state index in [0.29, 0.717) is 31.6 Å². The van der Waals surface area contributed by atoms with Crippen LogP contribution in [0.2, 0.25) is 0 Å². The smallest absolute Gasteiger partial charge is 0.462 e. The van der Waals surface area contributed by atoms with Crippen LogP contribution in [0.15, 0.2) is 24.3 Å². The van der Waals surface area contributed by atoms with Crippen LogP contribution in [0, 0.1) is 11.8 Å². The largest absolute Gasteiger partial charge is 0.472 e. The fourth-order valence-corrected chi connectivity index (χ4v) is 14.6. The molecule has 0 saturated carbocycles. The standard InChI is InChI=1S/C87H166O17P2/c1-7-9-11-13-15-17-19-21-23-24-25-26-30-34-37-41-45-51-57-63-69-84(89)97-75-82(103-86(91)72-66-60-53-47-43-39-35-31-28-27-29-33-36-40-44-49-55-61-67-79(3)4)77-101-105(93,94)99-73-81(88)74-100-106(95,96)102-78-83(76-98-85(90)70-64-58-54-48-50-56-62-68-80(5)6)104-87(92)71-65-59-52-46-42-38-32-22-20-18-16-14-12-10-8-2/h18,20,22,32,79-83,88H,7-17,19,21,23-31,33-78H2,1-6H3,(H,93,94)(H,95,96)/b20-18-,32-22-/t81-,82-,83-/m1/s1. The van der Waals surface area contributed by atoms with Gasteiger partial charge in [-0.25, -0.2) is 9.13 Å². The van der Waals surface area contributed by atoms with Crippen molar-refractivity contribution in [1.29, 1.82) is 0 Å². The Balaban J connectivity index is 5.25. The van der Waals surface area contributed by atoms with Crippen LogP contribution < -0.4 is 0 Å². The lowest BCUT2D eigenvalue weighted by molar-refractivity contribution is -0.161. The number of carbonyl (C=O) groups excluding carboxylic acids is 4. The molecule has 0 fully saturated rings. The highest BCUT2D eigenvalue weighted by molar-refractivity contribution is 7.47. The van der Waals surface area contributed by atoms with Crippen molar-refractivity contribution in [3.05, 3.63) is 24.3 Å². The van der Waals surface area contributed by atoms with Gasteiger partial charge in [0.2, 0.25) is 0 Å². The van der Waals surface area contributed by atoms with Crippen molar-refractivity contribution in [2.75, 3.05) is 39.6 Å². The predicted octanol–water partition coefficient (Wildman–Crippen LogP) is 26.2. The molecular weight excluding hydrogens is 1380 g/mol. The van der Waals surface area contributed by atoms with Crippen LogP contribution >= 0.6 is 15.6 Å². The summed E-state index contributed by atoms with van der Waals surface area (Å²) in [5, 5.41) is 10.7. The molecule has 0 aromatic carbocycles. The molecule has 0 spiro atoms. The molecule has 106 heavy (non-hydrogen) atoms. The minimum Gasteiger partial charge on any atom is -0.462 e. The number of hydrogen-bond donors (Lipinski definition) is 3. The zero-order valence-corrected chi connectivity index (χ0v) is 71.0. The number of aliphatic hydroxyl groups is 1. The van der Waals surface area contributed by atoms with E-state index in [0.717, 1.165) is 115 Å². The molecule has 0 aromatic rings. The number of unbranched alkanes of at least 4 members (excludes halogenated alkanes) is 51. The number of phosphoric ester groups is 2. The third-order valence-electron chi connectivity index (χ3n) is 19.8. The molecule has 0 saturated heterocycles. The third-order valence-corrected chi connectivity index (χ3v) is 21.7. The highest BCUT2D eigenvalue weighted by Gasteiger charge is 2.30. The molecule has 0 amide bonds. The molecular formula is C87H166O17P2. The predicted molar refractivity (Wildman–Crippen MR) is 437 cm³/mol. The summed E-state index contributed by atoms with van der Waals surface area (Å²) in [4.78, 5) is 73.2. The summed E-state index contributed by atoms with van der Waals surface area (Å²) >= 11 is 0. The van der Waals surface area contributed by atoms with E-state index in [1.54, 1.807) is 0 Å². The monoisotopic (exact) mass is 1550 g/mol. The summed E-state index contributed by atoms with van der Waals surface area (Å²) in [5.74, 6) is -0.613. The number of ether oxygens (including phenoxy) is 4. The van der Waals surface area contributed by atoms with Gasteiger partial charge in [0.15, 0.2) is 12.2 Å². The van der Waals surface area contributed by atoms with Gasteiger partial charge in [0, 0.05) is 25.7 Å². The summed E-state index contributed by atoms with van der Waals surface area (Å²) < 4.78 is 68.8. The average molecular weight is 1550 g/mol. The van der Waals surface area contributed by atoms with E-state index in [4.69, 9.17) is 37.0 Å². The van der Waals surface area contributed by atoms with Crippen molar-refractivity contribution < 1.29 is 80.2 Å². The van der Waals surface area contributed by atoms with E-state index in [2.05, 4.69) is 65.8 Å². The second-order valence-electron chi connectivity index (χ2n) is 31.5. The third kappa shape index (κ3) is 79.6. The number of allylic oxidation sites excluding steroid dienone is 4. The quantitative estimate of drug-likeness (QED) is 0.0169. The van der Waals surface area contributed by atoms with Gasteiger partial charge in [-0.05, 0) is 63.2 Å². The Labute approximate surface area is 650 Å². The lowest BCUT2D eigenvalue weighted by Crippen LogP contribution is -2.30. The Morgan fingerprint density at radius 3 is 0.774 bits per heavy atom. The summed E-state index contributed by atoms with van der Waals surface area (Å²) in [5.41, 5.74) is 0. The molecule has 0 heterocycles. The molecule has 2 unspecified atom stereocenters. The lowest BCUT2D eigenvalue weighted by Gasteiger charge is -2.21. The van der Waals surface area contributed by atoms with Crippen LogP contribution in [0.1, 0.15) is 440 Å². The molecule has 5 atom stereocenters. The highest BCUT2D eigenvalue weighted by atomic mass is 31.2. The van der Waals surface area contributed by atoms with Crippen LogP contribution in [-0.2, 0) is 65.4 Å².